The lowest BCUT2D eigenvalue weighted by Gasteiger charge is -2.13. The predicted molar refractivity (Wildman–Crippen MR) is 73.5 cm³/mol. The van der Waals surface area contributed by atoms with Crippen LogP contribution in [0.2, 0.25) is 0 Å². The van der Waals surface area contributed by atoms with Crippen molar-refractivity contribution in [1.29, 1.82) is 0 Å². The first-order valence-corrected chi connectivity index (χ1v) is 6.55. The van der Waals surface area contributed by atoms with Crippen molar-refractivity contribution in [3.05, 3.63) is 11.9 Å². The second-order valence-corrected chi connectivity index (χ2v) is 4.95. The summed E-state index contributed by atoms with van der Waals surface area (Å²) in [6.45, 7) is 9.11. The molecule has 0 saturated heterocycles. The standard InChI is InChI=1S/C13H24N4O/c1-5-6-10(4)8-18-12-7-11(17-14)15-13(16-12)9(2)3/h7,9-10H,5-6,8,14H2,1-4H3,(H,15,16,17). The third kappa shape index (κ3) is 4.49. The maximum absolute atomic E-state index is 5.71. The Morgan fingerprint density at radius 3 is 2.61 bits per heavy atom. The molecule has 1 atom stereocenters. The summed E-state index contributed by atoms with van der Waals surface area (Å²) in [6.07, 6.45) is 2.32. The highest BCUT2D eigenvalue weighted by Crippen LogP contribution is 2.18. The predicted octanol–water partition coefficient (Wildman–Crippen LogP) is 2.70. The first kappa shape index (κ1) is 14.7. The van der Waals surface area contributed by atoms with Crippen molar-refractivity contribution in [3.8, 4) is 5.88 Å². The first-order valence-electron chi connectivity index (χ1n) is 6.55. The average Bonchev–Trinajstić information content (AvgIpc) is 2.36. The van der Waals surface area contributed by atoms with Crippen LogP contribution in [0.1, 0.15) is 52.3 Å². The largest absolute Gasteiger partial charge is 0.477 e. The molecule has 0 aromatic carbocycles. The molecule has 0 aliphatic heterocycles. The van der Waals surface area contributed by atoms with Gasteiger partial charge in [-0.2, -0.15) is 4.98 Å². The summed E-state index contributed by atoms with van der Waals surface area (Å²) in [7, 11) is 0. The molecule has 5 heteroatoms. The second kappa shape index (κ2) is 7.16. The summed E-state index contributed by atoms with van der Waals surface area (Å²) < 4.78 is 5.71. The zero-order valence-electron chi connectivity index (χ0n) is 11.7. The van der Waals surface area contributed by atoms with E-state index in [1.165, 1.54) is 6.42 Å². The van der Waals surface area contributed by atoms with Crippen LogP contribution in [0.4, 0.5) is 5.82 Å². The molecule has 0 radical (unpaired) electrons. The molecule has 1 rings (SSSR count). The molecule has 5 nitrogen and oxygen atoms in total. The van der Waals surface area contributed by atoms with Gasteiger partial charge in [-0.1, -0.05) is 34.1 Å². The molecule has 0 saturated carbocycles. The van der Waals surface area contributed by atoms with Crippen LogP contribution in [0.15, 0.2) is 6.07 Å². The van der Waals surface area contributed by atoms with Gasteiger partial charge in [0.25, 0.3) is 0 Å². The number of nitrogens with zero attached hydrogens (tertiary/aromatic N) is 2. The number of rotatable bonds is 7. The Morgan fingerprint density at radius 2 is 2.06 bits per heavy atom. The number of hydrogen-bond acceptors (Lipinski definition) is 5. The maximum Gasteiger partial charge on any atom is 0.218 e. The molecule has 0 spiro atoms. The zero-order chi connectivity index (χ0) is 13.5. The van der Waals surface area contributed by atoms with E-state index in [0.29, 0.717) is 24.2 Å². The highest BCUT2D eigenvalue weighted by atomic mass is 16.5. The van der Waals surface area contributed by atoms with Crippen molar-refractivity contribution >= 4 is 5.82 Å². The van der Waals surface area contributed by atoms with Crippen molar-refractivity contribution in [2.45, 2.75) is 46.5 Å². The van der Waals surface area contributed by atoms with Crippen LogP contribution in [0.25, 0.3) is 0 Å². The highest BCUT2D eigenvalue weighted by molar-refractivity contribution is 5.37. The number of ether oxygens (including phenoxy) is 1. The molecule has 3 N–H and O–H groups in total. The van der Waals surface area contributed by atoms with Gasteiger partial charge in [0, 0.05) is 12.0 Å². The summed E-state index contributed by atoms with van der Waals surface area (Å²) in [4.78, 5) is 8.67. The van der Waals surface area contributed by atoms with E-state index in [4.69, 9.17) is 10.6 Å². The lowest BCUT2D eigenvalue weighted by atomic mass is 10.1. The third-order valence-electron chi connectivity index (χ3n) is 2.68. The van der Waals surface area contributed by atoms with E-state index in [0.717, 1.165) is 12.2 Å². The van der Waals surface area contributed by atoms with Gasteiger partial charge in [0.2, 0.25) is 5.88 Å². The van der Waals surface area contributed by atoms with Crippen LogP contribution < -0.4 is 16.0 Å². The Morgan fingerprint density at radius 1 is 1.33 bits per heavy atom. The van der Waals surface area contributed by atoms with Gasteiger partial charge in [-0.25, -0.2) is 10.8 Å². The van der Waals surface area contributed by atoms with Crippen molar-refractivity contribution in [2.24, 2.45) is 11.8 Å². The van der Waals surface area contributed by atoms with Gasteiger partial charge in [0.15, 0.2) is 0 Å². The fourth-order valence-electron chi connectivity index (χ4n) is 1.65. The quantitative estimate of drug-likeness (QED) is 0.576. The molecule has 1 aromatic rings. The lowest BCUT2D eigenvalue weighted by molar-refractivity contribution is 0.242. The summed E-state index contributed by atoms with van der Waals surface area (Å²) in [5.41, 5.74) is 2.54. The van der Waals surface area contributed by atoms with Crippen molar-refractivity contribution < 1.29 is 4.74 Å². The zero-order valence-corrected chi connectivity index (χ0v) is 11.7. The van der Waals surface area contributed by atoms with Crippen molar-refractivity contribution in [2.75, 3.05) is 12.0 Å². The van der Waals surface area contributed by atoms with Gasteiger partial charge in [-0.3, -0.25) is 0 Å². The molecule has 0 amide bonds. The molecule has 102 valence electrons. The van der Waals surface area contributed by atoms with E-state index in [9.17, 15) is 0 Å². The molecule has 1 aromatic heterocycles. The first-order chi connectivity index (χ1) is 8.56. The van der Waals surface area contributed by atoms with Crippen molar-refractivity contribution in [3.63, 3.8) is 0 Å². The molecule has 0 fully saturated rings. The van der Waals surface area contributed by atoms with Crippen LogP contribution >= 0.6 is 0 Å². The summed E-state index contributed by atoms with van der Waals surface area (Å²) in [6, 6.07) is 1.73. The average molecular weight is 252 g/mol. The molecule has 1 unspecified atom stereocenters. The lowest BCUT2D eigenvalue weighted by Crippen LogP contribution is -2.14. The number of nitrogens with two attached hydrogens (primary N) is 1. The van der Waals surface area contributed by atoms with E-state index in [2.05, 4.69) is 29.2 Å². The minimum absolute atomic E-state index is 0.244. The van der Waals surface area contributed by atoms with Gasteiger partial charge >= 0.3 is 0 Å². The van der Waals surface area contributed by atoms with Crippen LogP contribution in [0, 0.1) is 5.92 Å². The summed E-state index contributed by atoms with van der Waals surface area (Å²) >= 11 is 0. The van der Waals surface area contributed by atoms with E-state index in [1.807, 2.05) is 13.8 Å². The maximum atomic E-state index is 5.71. The second-order valence-electron chi connectivity index (χ2n) is 4.95. The van der Waals surface area contributed by atoms with Gasteiger partial charge in [-0.15, -0.1) is 0 Å². The van der Waals surface area contributed by atoms with Gasteiger partial charge in [0.1, 0.15) is 11.6 Å². The third-order valence-corrected chi connectivity index (χ3v) is 2.68. The molecule has 0 aliphatic rings. The fourth-order valence-corrected chi connectivity index (χ4v) is 1.65. The molecular weight excluding hydrogens is 228 g/mol. The van der Waals surface area contributed by atoms with E-state index in [-0.39, 0.29) is 5.92 Å². The Hall–Kier alpha value is -1.36. The Balaban J connectivity index is 2.72. The van der Waals surface area contributed by atoms with Gasteiger partial charge < -0.3 is 10.2 Å². The number of hydrogen-bond donors (Lipinski definition) is 2. The minimum atomic E-state index is 0.244. The summed E-state index contributed by atoms with van der Waals surface area (Å²) in [5, 5.41) is 0. The van der Waals surface area contributed by atoms with E-state index < -0.39 is 0 Å². The molecule has 1 heterocycles. The topological polar surface area (TPSA) is 73.1 Å². The number of aromatic nitrogens is 2. The fraction of sp³-hybridized carbons (Fsp3) is 0.692. The SMILES string of the molecule is CCCC(C)COc1cc(NN)nc(C(C)C)n1. The Bertz CT molecular complexity index is 368. The smallest absolute Gasteiger partial charge is 0.218 e. The van der Waals surface area contributed by atoms with Crippen LogP contribution in [0.5, 0.6) is 5.88 Å². The number of nitrogen functional groups attached to an aromatic ring is 1. The summed E-state index contributed by atoms with van der Waals surface area (Å²) in [5.74, 6) is 8.09. The van der Waals surface area contributed by atoms with E-state index >= 15 is 0 Å². The molecule has 18 heavy (non-hydrogen) atoms. The van der Waals surface area contributed by atoms with E-state index in [1.54, 1.807) is 6.07 Å². The Kier molecular flexibility index (Phi) is 5.85. The molecule has 0 aliphatic carbocycles. The van der Waals surface area contributed by atoms with Crippen LogP contribution in [0.3, 0.4) is 0 Å². The van der Waals surface area contributed by atoms with Gasteiger partial charge in [0.05, 0.1) is 6.61 Å². The van der Waals surface area contributed by atoms with Gasteiger partial charge in [-0.05, 0) is 12.3 Å². The monoisotopic (exact) mass is 252 g/mol. The Labute approximate surface area is 109 Å². The van der Waals surface area contributed by atoms with Crippen molar-refractivity contribution in [1.82, 2.24) is 9.97 Å². The number of hydrazine groups is 1. The molecule has 0 bridgehead atoms. The minimum Gasteiger partial charge on any atom is -0.477 e. The normalized spacial score (nSPS) is 12.6. The highest BCUT2D eigenvalue weighted by Gasteiger charge is 2.09. The number of anilines is 1. The number of nitrogens with one attached hydrogen (secondary N) is 1. The van der Waals surface area contributed by atoms with Crippen LogP contribution in [-0.2, 0) is 0 Å². The van der Waals surface area contributed by atoms with Crippen LogP contribution in [-0.4, -0.2) is 16.6 Å². The molecular formula is C13H24N4O.